The van der Waals surface area contributed by atoms with E-state index in [0.717, 1.165) is 25.8 Å². The smallest absolute Gasteiger partial charge is 0.282 e. The molecule has 2 rings (SSSR count). The lowest BCUT2D eigenvalue weighted by atomic mass is 9.98. The summed E-state index contributed by atoms with van der Waals surface area (Å²) in [7, 11) is -1.37. The lowest BCUT2D eigenvalue weighted by Gasteiger charge is -2.39. The summed E-state index contributed by atoms with van der Waals surface area (Å²) in [6.45, 7) is 5.78. The molecule has 0 aromatic rings. The van der Waals surface area contributed by atoms with Crippen molar-refractivity contribution in [1.29, 1.82) is 0 Å². The zero-order valence-corrected chi connectivity index (χ0v) is 13.4. The van der Waals surface area contributed by atoms with E-state index in [-0.39, 0.29) is 6.04 Å². The quantitative estimate of drug-likeness (QED) is 0.792. The van der Waals surface area contributed by atoms with Crippen molar-refractivity contribution in [3.8, 4) is 0 Å². The minimum absolute atomic E-state index is 0.0104. The highest BCUT2D eigenvalue weighted by molar-refractivity contribution is 7.86. The molecule has 0 amide bonds. The maximum atomic E-state index is 12.8. The lowest BCUT2D eigenvalue weighted by Crippen LogP contribution is -2.55. The first kappa shape index (κ1) is 16.2. The number of nitrogens with zero attached hydrogens (tertiary/aromatic N) is 2. The van der Waals surface area contributed by atoms with Crippen molar-refractivity contribution < 1.29 is 13.2 Å². The van der Waals surface area contributed by atoms with E-state index in [0.29, 0.717) is 38.8 Å². The zero-order chi connectivity index (χ0) is 14.6. The molecule has 0 aromatic heterocycles. The maximum absolute atomic E-state index is 12.8. The van der Waals surface area contributed by atoms with E-state index < -0.39 is 10.2 Å². The van der Waals surface area contributed by atoms with Crippen molar-refractivity contribution in [3.05, 3.63) is 0 Å². The Morgan fingerprint density at radius 3 is 2.55 bits per heavy atom. The first-order valence-electron chi connectivity index (χ1n) is 7.58. The molecule has 2 saturated heterocycles. The van der Waals surface area contributed by atoms with Gasteiger partial charge in [0.15, 0.2) is 0 Å². The predicted molar refractivity (Wildman–Crippen MR) is 78.7 cm³/mol. The molecule has 0 aliphatic carbocycles. The van der Waals surface area contributed by atoms with E-state index in [2.05, 4.69) is 5.32 Å². The Labute approximate surface area is 122 Å². The van der Waals surface area contributed by atoms with Gasteiger partial charge in [-0.1, -0.05) is 6.92 Å². The van der Waals surface area contributed by atoms with Gasteiger partial charge in [0.05, 0.1) is 13.2 Å². The first-order valence-corrected chi connectivity index (χ1v) is 8.98. The molecule has 0 aromatic carbocycles. The Bertz CT molecular complexity index is 394. The highest BCUT2D eigenvalue weighted by Gasteiger charge is 2.37. The van der Waals surface area contributed by atoms with Gasteiger partial charge < -0.3 is 10.1 Å². The van der Waals surface area contributed by atoms with Crippen LogP contribution in [-0.2, 0) is 14.9 Å². The van der Waals surface area contributed by atoms with Crippen LogP contribution in [0.3, 0.4) is 0 Å². The minimum Gasteiger partial charge on any atom is -0.378 e. The van der Waals surface area contributed by atoms with Gasteiger partial charge in [-0.05, 0) is 38.8 Å². The number of hydrogen-bond acceptors (Lipinski definition) is 4. The molecular weight excluding hydrogens is 278 g/mol. The molecule has 6 nitrogen and oxygen atoms in total. The van der Waals surface area contributed by atoms with Crippen LogP contribution < -0.4 is 5.32 Å². The molecule has 2 fully saturated rings. The fraction of sp³-hybridized carbons (Fsp3) is 1.00. The van der Waals surface area contributed by atoms with Crippen LogP contribution in [0.15, 0.2) is 0 Å². The number of piperidine rings is 1. The molecule has 2 aliphatic heterocycles. The van der Waals surface area contributed by atoms with Crippen molar-refractivity contribution in [3.63, 3.8) is 0 Å². The second-order valence-corrected chi connectivity index (χ2v) is 7.54. The number of hydrogen-bond donors (Lipinski definition) is 1. The third-order valence-electron chi connectivity index (χ3n) is 4.33. The Hall–Kier alpha value is -0.210. The van der Waals surface area contributed by atoms with Crippen molar-refractivity contribution in [2.75, 3.05) is 46.4 Å². The summed E-state index contributed by atoms with van der Waals surface area (Å²) in [6, 6.07) is -0.0104. The fourth-order valence-electron chi connectivity index (χ4n) is 3.05. The van der Waals surface area contributed by atoms with Gasteiger partial charge in [-0.25, -0.2) is 0 Å². The molecule has 2 heterocycles. The third-order valence-corrected chi connectivity index (χ3v) is 6.42. The minimum atomic E-state index is -3.32. The maximum Gasteiger partial charge on any atom is 0.282 e. The van der Waals surface area contributed by atoms with Crippen LogP contribution in [0.4, 0.5) is 0 Å². The van der Waals surface area contributed by atoms with Crippen LogP contribution in [0, 0.1) is 5.92 Å². The number of rotatable bonds is 5. The van der Waals surface area contributed by atoms with Crippen LogP contribution in [-0.4, -0.2) is 69.5 Å². The van der Waals surface area contributed by atoms with E-state index in [1.165, 1.54) is 0 Å². The molecule has 0 spiro atoms. The second kappa shape index (κ2) is 7.17. The van der Waals surface area contributed by atoms with Crippen molar-refractivity contribution >= 4 is 10.2 Å². The summed E-state index contributed by atoms with van der Waals surface area (Å²) < 4.78 is 34.2. The second-order valence-electron chi connectivity index (χ2n) is 5.66. The Morgan fingerprint density at radius 2 is 1.95 bits per heavy atom. The average Bonchev–Trinajstić information content (AvgIpc) is 2.48. The molecule has 2 aliphatic rings. The number of morpholine rings is 1. The van der Waals surface area contributed by atoms with Gasteiger partial charge in [-0.3, -0.25) is 0 Å². The monoisotopic (exact) mass is 305 g/mol. The van der Waals surface area contributed by atoms with Crippen LogP contribution in [0.5, 0.6) is 0 Å². The standard InChI is InChI=1S/C13H27N3O3S/c1-3-13-11-19-9-8-16(13)20(17,18)15-6-4-12(5-7-15)10-14-2/h12-14H,3-11H2,1-2H3. The topological polar surface area (TPSA) is 61.9 Å². The van der Waals surface area contributed by atoms with Gasteiger partial charge in [-0.15, -0.1) is 0 Å². The summed E-state index contributed by atoms with van der Waals surface area (Å²) in [5.41, 5.74) is 0. The third kappa shape index (κ3) is 3.51. The van der Waals surface area contributed by atoms with Crippen molar-refractivity contribution in [2.45, 2.75) is 32.2 Å². The molecule has 20 heavy (non-hydrogen) atoms. The average molecular weight is 305 g/mol. The fourth-order valence-corrected chi connectivity index (χ4v) is 4.91. The van der Waals surface area contributed by atoms with E-state index in [1.54, 1.807) is 8.61 Å². The van der Waals surface area contributed by atoms with Crippen LogP contribution >= 0.6 is 0 Å². The lowest BCUT2D eigenvalue weighted by molar-refractivity contribution is 0.0279. The van der Waals surface area contributed by atoms with Gasteiger partial charge in [0.25, 0.3) is 10.2 Å². The van der Waals surface area contributed by atoms with Crippen molar-refractivity contribution in [1.82, 2.24) is 13.9 Å². The Morgan fingerprint density at radius 1 is 1.25 bits per heavy atom. The van der Waals surface area contributed by atoms with Crippen LogP contribution in [0.25, 0.3) is 0 Å². The van der Waals surface area contributed by atoms with Gasteiger partial charge in [0, 0.05) is 25.7 Å². The molecular formula is C13H27N3O3S. The van der Waals surface area contributed by atoms with Gasteiger partial charge in [0.1, 0.15) is 0 Å². The van der Waals surface area contributed by atoms with Crippen LogP contribution in [0.1, 0.15) is 26.2 Å². The Balaban J connectivity index is 1.99. The summed E-state index contributed by atoms with van der Waals surface area (Å²) in [4.78, 5) is 0. The normalized spacial score (nSPS) is 27.8. The first-order chi connectivity index (χ1) is 9.59. The van der Waals surface area contributed by atoms with E-state index in [4.69, 9.17) is 4.74 Å². The molecule has 0 saturated carbocycles. The molecule has 0 radical (unpaired) electrons. The zero-order valence-electron chi connectivity index (χ0n) is 12.5. The van der Waals surface area contributed by atoms with Gasteiger partial charge >= 0.3 is 0 Å². The van der Waals surface area contributed by atoms with Gasteiger partial charge in [0.2, 0.25) is 0 Å². The van der Waals surface area contributed by atoms with E-state index in [9.17, 15) is 8.42 Å². The highest BCUT2D eigenvalue weighted by atomic mass is 32.2. The molecule has 0 bridgehead atoms. The van der Waals surface area contributed by atoms with Crippen molar-refractivity contribution in [2.24, 2.45) is 5.92 Å². The summed E-state index contributed by atoms with van der Waals surface area (Å²) >= 11 is 0. The number of ether oxygens (including phenoxy) is 1. The summed E-state index contributed by atoms with van der Waals surface area (Å²) in [5, 5.41) is 3.18. The molecule has 1 unspecified atom stereocenters. The summed E-state index contributed by atoms with van der Waals surface area (Å²) in [5.74, 6) is 0.595. The van der Waals surface area contributed by atoms with Crippen LogP contribution in [0.2, 0.25) is 0 Å². The molecule has 118 valence electrons. The SMILES string of the molecule is CCC1COCCN1S(=O)(=O)N1CCC(CNC)CC1. The molecule has 1 atom stereocenters. The van der Waals surface area contributed by atoms with E-state index in [1.807, 2.05) is 14.0 Å². The summed E-state index contributed by atoms with van der Waals surface area (Å²) in [6.07, 6.45) is 2.69. The molecule has 7 heteroatoms. The highest BCUT2D eigenvalue weighted by Crippen LogP contribution is 2.24. The Kier molecular flexibility index (Phi) is 5.80. The largest absolute Gasteiger partial charge is 0.378 e. The van der Waals surface area contributed by atoms with Gasteiger partial charge in [-0.2, -0.15) is 17.0 Å². The number of nitrogens with one attached hydrogen (secondary N) is 1. The predicted octanol–water partition coefficient (Wildman–Crippen LogP) is 0.273. The van der Waals surface area contributed by atoms with E-state index >= 15 is 0 Å². The molecule has 1 N–H and O–H groups in total.